The van der Waals surface area contributed by atoms with E-state index in [-0.39, 0.29) is 17.2 Å². The molecule has 15 heavy (non-hydrogen) atoms. The maximum atomic E-state index is 9.65. The standard InChI is InChI=1S/C9H9N5O/c10-2-6-8(15)7(14-9(6)11)1-5-3-12-4-13-5/h3-4,7,15H,1H2,(H2,11,14)(H,12,13)/t7-/m1/s1. The topological polar surface area (TPSA) is 111 Å². The van der Waals surface area contributed by atoms with Crippen LogP contribution in [0.5, 0.6) is 0 Å². The van der Waals surface area contributed by atoms with Crippen molar-refractivity contribution in [1.82, 2.24) is 9.97 Å². The lowest BCUT2D eigenvalue weighted by Gasteiger charge is -2.04. The van der Waals surface area contributed by atoms with Gasteiger partial charge >= 0.3 is 0 Å². The number of aromatic amines is 1. The minimum atomic E-state index is -0.472. The van der Waals surface area contributed by atoms with E-state index in [1.165, 1.54) is 0 Å². The Hall–Kier alpha value is -2.29. The zero-order valence-corrected chi connectivity index (χ0v) is 7.81. The summed E-state index contributed by atoms with van der Waals surface area (Å²) in [5.41, 5.74) is 6.39. The normalized spacial score (nSPS) is 20.2. The maximum absolute atomic E-state index is 9.65. The van der Waals surface area contributed by atoms with Gasteiger partial charge < -0.3 is 15.8 Å². The number of nitrogens with zero attached hydrogens (tertiary/aromatic N) is 3. The average Bonchev–Trinajstić information content (AvgIpc) is 2.78. The summed E-state index contributed by atoms with van der Waals surface area (Å²) in [5, 5.41) is 18.3. The summed E-state index contributed by atoms with van der Waals surface area (Å²) < 4.78 is 0. The highest BCUT2D eigenvalue weighted by Gasteiger charge is 2.26. The highest BCUT2D eigenvalue weighted by Crippen LogP contribution is 2.20. The monoisotopic (exact) mass is 203 g/mol. The molecular formula is C9H9N5O. The van der Waals surface area contributed by atoms with Crippen molar-refractivity contribution in [3.63, 3.8) is 0 Å². The van der Waals surface area contributed by atoms with E-state index in [0.717, 1.165) is 5.69 Å². The van der Waals surface area contributed by atoms with Gasteiger partial charge in [-0.05, 0) is 0 Å². The van der Waals surface area contributed by atoms with Crippen molar-refractivity contribution in [2.75, 3.05) is 0 Å². The zero-order chi connectivity index (χ0) is 10.8. The highest BCUT2D eigenvalue weighted by atomic mass is 16.3. The molecule has 0 saturated heterocycles. The molecule has 1 aliphatic heterocycles. The van der Waals surface area contributed by atoms with Gasteiger partial charge in [-0.1, -0.05) is 0 Å². The molecule has 0 unspecified atom stereocenters. The Labute approximate surface area is 85.8 Å². The van der Waals surface area contributed by atoms with E-state index in [1.54, 1.807) is 12.5 Å². The van der Waals surface area contributed by atoms with Crippen molar-refractivity contribution >= 4 is 5.84 Å². The number of aromatic nitrogens is 2. The summed E-state index contributed by atoms with van der Waals surface area (Å²) >= 11 is 0. The molecule has 1 aliphatic rings. The number of rotatable bonds is 2. The molecule has 0 spiro atoms. The van der Waals surface area contributed by atoms with Crippen LogP contribution >= 0.6 is 0 Å². The number of nitriles is 1. The van der Waals surface area contributed by atoms with Gasteiger partial charge in [-0.25, -0.2) is 4.98 Å². The molecule has 0 amide bonds. The van der Waals surface area contributed by atoms with E-state index in [0.29, 0.717) is 6.42 Å². The fraction of sp³-hybridized carbons (Fsp3) is 0.222. The Bertz CT molecular complexity index is 465. The van der Waals surface area contributed by atoms with E-state index in [2.05, 4.69) is 15.0 Å². The van der Waals surface area contributed by atoms with Crippen molar-refractivity contribution in [1.29, 1.82) is 5.26 Å². The summed E-state index contributed by atoms with van der Waals surface area (Å²) in [6.45, 7) is 0. The molecular weight excluding hydrogens is 194 g/mol. The lowest BCUT2D eigenvalue weighted by Crippen LogP contribution is -2.11. The quantitative estimate of drug-likeness (QED) is 0.629. The predicted octanol–water partition coefficient (Wildman–Crippen LogP) is 0.0273. The third-order valence-electron chi connectivity index (χ3n) is 2.20. The third-order valence-corrected chi connectivity index (χ3v) is 2.20. The molecule has 4 N–H and O–H groups in total. The average molecular weight is 203 g/mol. The van der Waals surface area contributed by atoms with Crippen molar-refractivity contribution in [2.24, 2.45) is 10.7 Å². The second kappa shape index (κ2) is 3.46. The second-order valence-corrected chi connectivity index (χ2v) is 3.18. The van der Waals surface area contributed by atoms with Crippen LogP contribution in [0.15, 0.2) is 28.8 Å². The van der Waals surface area contributed by atoms with E-state index in [4.69, 9.17) is 11.0 Å². The molecule has 1 atom stereocenters. The number of imidazole rings is 1. The summed E-state index contributed by atoms with van der Waals surface area (Å²) in [4.78, 5) is 10.7. The van der Waals surface area contributed by atoms with Crippen LogP contribution in [0.2, 0.25) is 0 Å². The van der Waals surface area contributed by atoms with Crippen LogP contribution in [0, 0.1) is 11.3 Å². The first-order valence-corrected chi connectivity index (χ1v) is 4.36. The number of aliphatic hydroxyl groups is 1. The third kappa shape index (κ3) is 1.55. The second-order valence-electron chi connectivity index (χ2n) is 3.18. The highest BCUT2D eigenvalue weighted by molar-refractivity contribution is 6.03. The minimum absolute atomic E-state index is 0.0652. The molecule has 0 fully saturated rings. The number of H-pyrrole nitrogens is 1. The lowest BCUT2D eigenvalue weighted by molar-refractivity contribution is 0.369. The first kappa shape index (κ1) is 9.27. The van der Waals surface area contributed by atoms with Crippen molar-refractivity contribution in [3.05, 3.63) is 29.6 Å². The van der Waals surface area contributed by atoms with Crippen molar-refractivity contribution < 1.29 is 5.11 Å². The SMILES string of the molecule is N#CC1=C(O)[C@@H](Cc2cnc[nH]2)N=C1N. The van der Waals surface area contributed by atoms with Gasteiger partial charge in [0.2, 0.25) is 0 Å². The van der Waals surface area contributed by atoms with Gasteiger partial charge in [-0.3, -0.25) is 4.99 Å². The van der Waals surface area contributed by atoms with Crippen LogP contribution in [0.3, 0.4) is 0 Å². The number of aliphatic hydroxyl groups excluding tert-OH is 1. The molecule has 0 bridgehead atoms. The number of hydrogen-bond acceptors (Lipinski definition) is 5. The molecule has 6 heteroatoms. The minimum Gasteiger partial charge on any atom is -0.508 e. The Morgan fingerprint density at radius 2 is 2.47 bits per heavy atom. The fourth-order valence-electron chi connectivity index (χ4n) is 1.45. The van der Waals surface area contributed by atoms with E-state index in [1.807, 2.05) is 6.07 Å². The van der Waals surface area contributed by atoms with Crippen molar-refractivity contribution in [2.45, 2.75) is 12.5 Å². The molecule has 1 aromatic heterocycles. The maximum Gasteiger partial charge on any atom is 0.140 e. The molecule has 0 aliphatic carbocycles. The fourth-order valence-corrected chi connectivity index (χ4v) is 1.45. The molecule has 2 rings (SSSR count). The van der Waals surface area contributed by atoms with Gasteiger partial charge in [0, 0.05) is 18.3 Å². The van der Waals surface area contributed by atoms with Crippen LogP contribution in [-0.2, 0) is 6.42 Å². The molecule has 6 nitrogen and oxygen atoms in total. The van der Waals surface area contributed by atoms with Gasteiger partial charge in [-0.15, -0.1) is 0 Å². The number of hydrogen-bond donors (Lipinski definition) is 3. The molecule has 2 heterocycles. The molecule has 0 saturated carbocycles. The largest absolute Gasteiger partial charge is 0.508 e. The van der Waals surface area contributed by atoms with Crippen LogP contribution in [0.25, 0.3) is 0 Å². The molecule has 0 aromatic carbocycles. The summed E-state index contributed by atoms with van der Waals surface area (Å²) in [6, 6.07) is 1.35. The van der Waals surface area contributed by atoms with E-state index < -0.39 is 6.04 Å². The Morgan fingerprint density at radius 3 is 3.00 bits per heavy atom. The van der Waals surface area contributed by atoms with Crippen LogP contribution in [0.4, 0.5) is 0 Å². The van der Waals surface area contributed by atoms with E-state index in [9.17, 15) is 5.11 Å². The smallest absolute Gasteiger partial charge is 0.140 e. The first-order valence-electron chi connectivity index (χ1n) is 4.36. The molecule has 0 radical (unpaired) electrons. The predicted molar refractivity (Wildman–Crippen MR) is 53.0 cm³/mol. The van der Waals surface area contributed by atoms with Crippen LogP contribution < -0.4 is 5.73 Å². The number of aliphatic imine (C=N–C) groups is 1. The van der Waals surface area contributed by atoms with Gasteiger partial charge in [0.05, 0.1) is 6.33 Å². The number of nitrogens with one attached hydrogen (secondary N) is 1. The van der Waals surface area contributed by atoms with Gasteiger partial charge in [0.1, 0.15) is 29.3 Å². The summed E-state index contributed by atoms with van der Waals surface area (Å²) in [7, 11) is 0. The Kier molecular flexibility index (Phi) is 2.14. The van der Waals surface area contributed by atoms with E-state index >= 15 is 0 Å². The Balaban J connectivity index is 2.21. The lowest BCUT2D eigenvalue weighted by atomic mass is 10.1. The van der Waals surface area contributed by atoms with Crippen LogP contribution in [-0.4, -0.2) is 27.0 Å². The molecule has 1 aromatic rings. The summed E-state index contributed by atoms with van der Waals surface area (Å²) in [6.07, 6.45) is 3.64. The summed E-state index contributed by atoms with van der Waals surface area (Å²) in [5.74, 6) is 0.0316. The van der Waals surface area contributed by atoms with Gasteiger partial charge in [-0.2, -0.15) is 5.26 Å². The molecule has 76 valence electrons. The number of amidine groups is 1. The number of nitrogens with two attached hydrogens (primary N) is 1. The van der Waals surface area contributed by atoms with Crippen molar-refractivity contribution in [3.8, 4) is 6.07 Å². The zero-order valence-electron chi connectivity index (χ0n) is 7.81. The van der Waals surface area contributed by atoms with Gasteiger partial charge in [0.25, 0.3) is 0 Å². The first-order chi connectivity index (χ1) is 7.22. The van der Waals surface area contributed by atoms with Gasteiger partial charge in [0.15, 0.2) is 0 Å². The Morgan fingerprint density at radius 1 is 1.67 bits per heavy atom. The van der Waals surface area contributed by atoms with Crippen LogP contribution in [0.1, 0.15) is 5.69 Å².